The van der Waals surface area contributed by atoms with Crippen LogP contribution in [0.5, 0.6) is 0 Å². The zero-order valence-corrected chi connectivity index (χ0v) is 9.24. The van der Waals surface area contributed by atoms with Crippen LogP contribution in [-0.2, 0) is 0 Å². The minimum Gasteiger partial charge on any atom is -0.396 e. The average molecular weight is 205 g/mol. The number of aromatic nitrogens is 1. The molecule has 3 N–H and O–H groups in total. The second kappa shape index (κ2) is 4.51. The van der Waals surface area contributed by atoms with E-state index in [2.05, 4.69) is 17.2 Å². The van der Waals surface area contributed by atoms with Gasteiger partial charge in [-0.1, -0.05) is 12.8 Å². The molecule has 0 saturated heterocycles. The van der Waals surface area contributed by atoms with Gasteiger partial charge in [0.1, 0.15) is 5.82 Å². The quantitative estimate of drug-likeness (QED) is 0.797. The smallest absolute Gasteiger partial charge is 0.149 e. The lowest BCUT2D eigenvalue weighted by Crippen LogP contribution is -2.24. The van der Waals surface area contributed by atoms with Crippen LogP contribution in [0.4, 0.5) is 11.5 Å². The summed E-state index contributed by atoms with van der Waals surface area (Å²) in [6.07, 6.45) is 7.19. The second-order valence-electron chi connectivity index (χ2n) is 4.42. The summed E-state index contributed by atoms with van der Waals surface area (Å²) in [4.78, 5) is 4.25. The Labute approximate surface area is 91.1 Å². The molecule has 2 rings (SSSR count). The van der Waals surface area contributed by atoms with Gasteiger partial charge >= 0.3 is 0 Å². The summed E-state index contributed by atoms with van der Waals surface area (Å²) in [6, 6.07) is 4.22. The van der Waals surface area contributed by atoms with Crippen LogP contribution in [0, 0.1) is 5.92 Å². The molecular formula is C12H19N3. The molecule has 0 spiro atoms. The van der Waals surface area contributed by atoms with E-state index in [9.17, 15) is 0 Å². The van der Waals surface area contributed by atoms with Gasteiger partial charge in [-0.3, -0.25) is 0 Å². The maximum absolute atomic E-state index is 5.84. The largest absolute Gasteiger partial charge is 0.396 e. The van der Waals surface area contributed by atoms with E-state index in [4.69, 9.17) is 5.73 Å². The first-order chi connectivity index (χ1) is 7.27. The van der Waals surface area contributed by atoms with Crippen molar-refractivity contribution in [2.75, 3.05) is 11.1 Å². The highest BCUT2D eigenvalue weighted by molar-refractivity contribution is 5.60. The minimum atomic E-state index is 0.477. The Hall–Kier alpha value is -1.25. The lowest BCUT2D eigenvalue weighted by molar-refractivity contribution is 0.481. The zero-order chi connectivity index (χ0) is 10.7. The molecule has 0 radical (unpaired) electrons. The topological polar surface area (TPSA) is 50.9 Å². The van der Waals surface area contributed by atoms with Gasteiger partial charge in [-0.05, 0) is 37.8 Å². The van der Waals surface area contributed by atoms with E-state index in [0.29, 0.717) is 6.04 Å². The van der Waals surface area contributed by atoms with Crippen LogP contribution < -0.4 is 11.1 Å². The van der Waals surface area contributed by atoms with Gasteiger partial charge in [-0.25, -0.2) is 4.98 Å². The SMILES string of the molecule is CC(Nc1ncccc1N)C1CCCC1. The van der Waals surface area contributed by atoms with E-state index in [0.717, 1.165) is 17.4 Å². The third-order valence-electron chi connectivity index (χ3n) is 3.31. The summed E-state index contributed by atoms with van der Waals surface area (Å²) in [5, 5.41) is 3.42. The first-order valence-electron chi connectivity index (χ1n) is 5.74. The fourth-order valence-corrected chi connectivity index (χ4v) is 2.33. The van der Waals surface area contributed by atoms with Crippen molar-refractivity contribution in [1.29, 1.82) is 0 Å². The van der Waals surface area contributed by atoms with Crippen molar-refractivity contribution < 1.29 is 0 Å². The minimum absolute atomic E-state index is 0.477. The van der Waals surface area contributed by atoms with Crippen LogP contribution in [0.1, 0.15) is 32.6 Å². The first-order valence-corrected chi connectivity index (χ1v) is 5.74. The summed E-state index contributed by atoms with van der Waals surface area (Å²) in [5.74, 6) is 1.61. The standard InChI is InChI=1S/C12H19N3/c1-9(10-5-2-3-6-10)15-12-11(13)7-4-8-14-12/h4,7-10H,2-3,5-6,13H2,1H3,(H,14,15). The third kappa shape index (κ3) is 2.41. The van der Waals surface area contributed by atoms with Crippen molar-refractivity contribution in [3.05, 3.63) is 18.3 Å². The van der Waals surface area contributed by atoms with Crippen molar-refractivity contribution in [2.45, 2.75) is 38.6 Å². The van der Waals surface area contributed by atoms with Crippen LogP contribution in [0.25, 0.3) is 0 Å². The van der Waals surface area contributed by atoms with Crippen molar-refractivity contribution in [3.63, 3.8) is 0 Å². The van der Waals surface area contributed by atoms with Crippen LogP contribution in [-0.4, -0.2) is 11.0 Å². The number of rotatable bonds is 3. The molecular weight excluding hydrogens is 186 g/mol. The molecule has 1 heterocycles. The number of nitrogen functional groups attached to an aromatic ring is 1. The fraction of sp³-hybridized carbons (Fsp3) is 0.583. The normalized spacial score (nSPS) is 19.0. The summed E-state index contributed by atoms with van der Waals surface area (Å²) in [7, 11) is 0. The van der Waals surface area contributed by atoms with Crippen LogP contribution >= 0.6 is 0 Å². The molecule has 0 aromatic carbocycles. The Morgan fingerprint density at radius 1 is 1.47 bits per heavy atom. The van der Waals surface area contributed by atoms with Gasteiger partial charge in [-0.15, -0.1) is 0 Å². The Morgan fingerprint density at radius 2 is 2.20 bits per heavy atom. The van der Waals surface area contributed by atoms with Crippen molar-refractivity contribution in [1.82, 2.24) is 4.98 Å². The maximum atomic E-state index is 5.84. The molecule has 15 heavy (non-hydrogen) atoms. The maximum Gasteiger partial charge on any atom is 0.149 e. The molecule has 1 saturated carbocycles. The Bertz CT molecular complexity index is 318. The van der Waals surface area contributed by atoms with E-state index in [1.807, 2.05) is 12.1 Å². The van der Waals surface area contributed by atoms with Crippen molar-refractivity contribution >= 4 is 11.5 Å². The van der Waals surface area contributed by atoms with Crippen LogP contribution in [0.3, 0.4) is 0 Å². The molecule has 3 nitrogen and oxygen atoms in total. The van der Waals surface area contributed by atoms with Gasteiger partial charge in [0.25, 0.3) is 0 Å². The number of nitrogens with zero attached hydrogens (tertiary/aromatic N) is 1. The highest BCUT2D eigenvalue weighted by atomic mass is 15.0. The monoisotopic (exact) mass is 205 g/mol. The van der Waals surface area contributed by atoms with Gasteiger partial charge in [0.2, 0.25) is 0 Å². The molecule has 0 bridgehead atoms. The Morgan fingerprint density at radius 3 is 2.87 bits per heavy atom. The molecule has 1 fully saturated rings. The Kier molecular flexibility index (Phi) is 3.09. The summed E-state index contributed by atoms with van der Waals surface area (Å²) < 4.78 is 0. The zero-order valence-electron chi connectivity index (χ0n) is 9.24. The Balaban J connectivity index is 1.99. The van der Waals surface area contributed by atoms with Gasteiger partial charge in [0, 0.05) is 12.2 Å². The van der Waals surface area contributed by atoms with E-state index >= 15 is 0 Å². The van der Waals surface area contributed by atoms with Gasteiger partial charge in [-0.2, -0.15) is 0 Å². The molecule has 0 amide bonds. The molecule has 1 unspecified atom stereocenters. The molecule has 1 aliphatic rings. The van der Waals surface area contributed by atoms with Gasteiger partial charge in [0.15, 0.2) is 0 Å². The van der Waals surface area contributed by atoms with E-state index in [1.165, 1.54) is 25.7 Å². The van der Waals surface area contributed by atoms with Gasteiger partial charge < -0.3 is 11.1 Å². The molecule has 0 aliphatic heterocycles. The lowest BCUT2D eigenvalue weighted by Gasteiger charge is -2.21. The van der Waals surface area contributed by atoms with E-state index in [1.54, 1.807) is 6.20 Å². The van der Waals surface area contributed by atoms with Crippen molar-refractivity contribution in [3.8, 4) is 0 Å². The number of nitrogens with two attached hydrogens (primary N) is 1. The summed E-state index contributed by atoms with van der Waals surface area (Å²) in [5.41, 5.74) is 6.58. The number of nitrogens with one attached hydrogen (secondary N) is 1. The molecule has 1 aromatic rings. The van der Waals surface area contributed by atoms with Gasteiger partial charge in [0.05, 0.1) is 5.69 Å². The third-order valence-corrected chi connectivity index (χ3v) is 3.31. The predicted octanol–water partition coefficient (Wildman–Crippen LogP) is 2.65. The molecule has 1 aromatic heterocycles. The van der Waals surface area contributed by atoms with E-state index in [-0.39, 0.29) is 0 Å². The second-order valence-corrected chi connectivity index (χ2v) is 4.42. The highest BCUT2D eigenvalue weighted by Gasteiger charge is 2.21. The van der Waals surface area contributed by atoms with E-state index < -0.39 is 0 Å². The number of anilines is 2. The lowest BCUT2D eigenvalue weighted by atomic mass is 10.00. The molecule has 1 atom stereocenters. The summed E-state index contributed by atoms with van der Waals surface area (Å²) >= 11 is 0. The number of hydrogen-bond acceptors (Lipinski definition) is 3. The fourth-order valence-electron chi connectivity index (χ4n) is 2.33. The first kappa shape index (κ1) is 10.3. The number of hydrogen-bond donors (Lipinski definition) is 2. The van der Waals surface area contributed by atoms with Crippen LogP contribution in [0.2, 0.25) is 0 Å². The predicted molar refractivity (Wildman–Crippen MR) is 63.7 cm³/mol. The average Bonchev–Trinajstić information content (AvgIpc) is 2.74. The van der Waals surface area contributed by atoms with Crippen LogP contribution in [0.15, 0.2) is 18.3 Å². The molecule has 1 aliphatic carbocycles. The summed E-state index contributed by atoms with van der Waals surface area (Å²) in [6.45, 7) is 2.23. The highest BCUT2D eigenvalue weighted by Crippen LogP contribution is 2.29. The molecule has 82 valence electrons. The van der Waals surface area contributed by atoms with Crippen molar-refractivity contribution in [2.24, 2.45) is 5.92 Å². The number of pyridine rings is 1. The molecule has 3 heteroatoms.